The minimum Gasteiger partial charge on any atom is -0.493 e. The van der Waals surface area contributed by atoms with Gasteiger partial charge in [0.2, 0.25) is 0 Å². The van der Waals surface area contributed by atoms with Gasteiger partial charge in [-0.15, -0.1) is 0 Å². The van der Waals surface area contributed by atoms with Crippen LogP contribution in [0, 0.1) is 20.2 Å². The van der Waals surface area contributed by atoms with Gasteiger partial charge in [0.05, 0.1) is 73.8 Å². The molecular weight excluding hydrogens is 819 g/mol. The Morgan fingerprint density at radius 2 is 0.935 bits per heavy atom. The first-order chi connectivity index (χ1) is 29.6. The molecule has 0 unspecified atom stereocenters. The van der Waals surface area contributed by atoms with E-state index in [2.05, 4.69) is 41.1 Å². The van der Waals surface area contributed by atoms with E-state index in [1.807, 2.05) is 54.6 Å². The van der Waals surface area contributed by atoms with Gasteiger partial charge in [0, 0.05) is 17.9 Å². The monoisotopic (exact) mass is 868 g/mol. The maximum absolute atomic E-state index is 12.3. The molecule has 0 aliphatic rings. The fraction of sp³-hybridized carbons (Fsp3) is 0.217. The van der Waals surface area contributed by atoms with Gasteiger partial charge in [-0.05, 0) is 62.6 Å². The van der Waals surface area contributed by atoms with Crippen LogP contribution in [0.15, 0.2) is 121 Å². The second-order valence-corrected chi connectivity index (χ2v) is 16.6. The zero-order chi connectivity index (χ0) is 45.8. The zero-order valence-corrected chi connectivity index (χ0v) is 36.5. The Hall–Kier alpha value is -7.25. The van der Waals surface area contributed by atoms with Crippen LogP contribution in [-0.4, -0.2) is 74.5 Å². The average Bonchev–Trinajstić information content (AvgIpc) is 3.28. The molecule has 0 spiro atoms. The van der Waals surface area contributed by atoms with Gasteiger partial charge in [-0.25, -0.2) is 9.59 Å². The highest BCUT2D eigenvalue weighted by atomic mass is 31.2. The van der Waals surface area contributed by atoms with Crippen molar-refractivity contribution < 1.29 is 52.7 Å². The van der Waals surface area contributed by atoms with Crippen LogP contribution in [0.5, 0.6) is 23.0 Å². The number of ether oxygens (including phenoxy) is 6. The first-order valence-electron chi connectivity index (χ1n) is 18.9. The van der Waals surface area contributed by atoms with Crippen LogP contribution >= 0.6 is 6.89 Å². The number of nitrogens with zero attached hydrogens (tertiary/aromatic N) is 2. The topological polar surface area (TPSA) is 193 Å². The molecule has 0 fully saturated rings. The molecule has 326 valence electrons. The maximum Gasteiger partial charge on any atom is 0.331 e. The lowest BCUT2D eigenvalue weighted by molar-refractivity contribution is -0.385. The van der Waals surface area contributed by atoms with Crippen molar-refractivity contribution in [3.63, 3.8) is 0 Å². The third kappa shape index (κ3) is 13.4. The van der Waals surface area contributed by atoms with Crippen molar-refractivity contribution in [2.24, 2.45) is 0 Å². The number of nitro benzene ring substituents is 2. The minimum atomic E-state index is -2.23. The van der Waals surface area contributed by atoms with E-state index in [1.54, 1.807) is 33.5 Å². The molecule has 0 bridgehead atoms. The third-order valence-corrected chi connectivity index (χ3v) is 12.4. The summed E-state index contributed by atoms with van der Waals surface area (Å²) in [6, 6.07) is 35.8. The largest absolute Gasteiger partial charge is 0.493 e. The minimum absolute atomic E-state index is 0.0389. The third-order valence-electron chi connectivity index (χ3n) is 8.46. The molecule has 0 atom stereocenters. The number of carbonyl (C=O) groups is 3. The molecule has 0 saturated carbocycles. The average molecular weight is 869 g/mol. The van der Waals surface area contributed by atoms with Crippen LogP contribution in [0.3, 0.4) is 0 Å². The summed E-state index contributed by atoms with van der Waals surface area (Å²) in [5, 5.41) is 25.3. The number of aldehydes is 1. The van der Waals surface area contributed by atoms with E-state index in [4.69, 9.17) is 23.7 Å². The second kappa shape index (κ2) is 24.1. The predicted octanol–water partition coefficient (Wildman–Crippen LogP) is 7.74. The number of esters is 2. The highest BCUT2D eigenvalue weighted by Gasteiger charge is 2.27. The Morgan fingerprint density at radius 1 is 0.565 bits per heavy atom. The number of nitro groups is 2. The van der Waals surface area contributed by atoms with E-state index in [0.717, 1.165) is 22.0 Å². The fourth-order valence-corrected chi connectivity index (χ4v) is 9.47. The molecule has 5 aromatic carbocycles. The van der Waals surface area contributed by atoms with Crippen LogP contribution in [0.25, 0.3) is 6.08 Å². The molecular formula is C46H49N2O13P. The number of hydrogen-bond donors (Lipinski definition) is 0. The zero-order valence-electron chi connectivity index (χ0n) is 35.6. The van der Waals surface area contributed by atoms with Crippen molar-refractivity contribution in [1.82, 2.24) is 0 Å². The summed E-state index contributed by atoms with van der Waals surface area (Å²) >= 11 is 0. The van der Waals surface area contributed by atoms with Gasteiger partial charge in [-0.1, -0.05) is 91.0 Å². The van der Waals surface area contributed by atoms with Crippen molar-refractivity contribution in [3.8, 4) is 23.0 Å². The summed E-state index contributed by atoms with van der Waals surface area (Å²) in [4.78, 5) is 54.8. The number of rotatable bonds is 15. The molecule has 16 heteroatoms. The summed E-state index contributed by atoms with van der Waals surface area (Å²) in [6.07, 6.45) is 2.51. The Balaban J connectivity index is 0.000000252. The van der Waals surface area contributed by atoms with Crippen LogP contribution in [0.1, 0.15) is 43.6 Å². The van der Waals surface area contributed by atoms with Gasteiger partial charge in [0.1, 0.15) is 0 Å². The summed E-state index contributed by atoms with van der Waals surface area (Å²) in [5.74, 6) is 2.03. The van der Waals surface area contributed by atoms with Gasteiger partial charge < -0.3 is 28.4 Å². The molecule has 0 heterocycles. The fourth-order valence-electron chi connectivity index (χ4n) is 5.78. The standard InChI is InChI=1S/C21H19O2P.C14H17NO6.C11H13NO5/c1-23-21(22)17-24(18-11-5-2-6-12-18,19-13-7-3-8-14-19)20-15-9-4-10-16-20;1-9(2)21-13-8-11(15(17)18)10(7-12(13)19-3)5-6-14(16)20-4;1-7(2)17-11-5-9(12(14)15)8(6-13)4-10(11)16-3/h2-17H,1H3;5-9H,1-4H3;4-7H,1-3H3/b;6-5+;. The van der Waals surface area contributed by atoms with E-state index in [1.165, 1.54) is 58.8 Å². The molecule has 0 amide bonds. The number of methoxy groups -OCH3 is 4. The van der Waals surface area contributed by atoms with Crippen molar-refractivity contribution in [2.45, 2.75) is 39.9 Å². The van der Waals surface area contributed by atoms with E-state index in [9.17, 15) is 34.6 Å². The summed E-state index contributed by atoms with van der Waals surface area (Å²) < 4.78 is 30.5. The highest BCUT2D eigenvalue weighted by Crippen LogP contribution is 2.43. The molecule has 0 N–H and O–H groups in total. The molecule has 15 nitrogen and oxygen atoms in total. The SMILES string of the molecule is COC(=O)/C=C/c1cc(OC)c(OC(C)C)cc1[N+](=O)[O-].COC(=O)C=P(c1ccccc1)(c1ccccc1)c1ccccc1.COc1cc(C=O)c([N+](=O)[O-])cc1OC(C)C. The summed E-state index contributed by atoms with van der Waals surface area (Å²) in [5.41, 5.74) is -0.302. The van der Waals surface area contributed by atoms with Crippen LogP contribution in [0.2, 0.25) is 0 Å². The van der Waals surface area contributed by atoms with E-state index in [0.29, 0.717) is 17.8 Å². The Labute approximate surface area is 360 Å². The molecule has 0 saturated heterocycles. The summed E-state index contributed by atoms with van der Waals surface area (Å²) in [7, 11) is 5.49. The number of carbonyl (C=O) groups excluding carboxylic acids is 3. The van der Waals surface area contributed by atoms with Gasteiger partial charge in [0.15, 0.2) is 29.3 Å². The lowest BCUT2D eigenvalue weighted by atomic mass is 10.1. The van der Waals surface area contributed by atoms with Crippen molar-refractivity contribution in [1.29, 1.82) is 0 Å². The highest BCUT2D eigenvalue weighted by molar-refractivity contribution is 7.95. The Morgan fingerprint density at radius 3 is 1.26 bits per heavy atom. The Kier molecular flexibility index (Phi) is 19.1. The molecule has 62 heavy (non-hydrogen) atoms. The van der Waals surface area contributed by atoms with E-state index >= 15 is 0 Å². The predicted molar refractivity (Wildman–Crippen MR) is 240 cm³/mol. The van der Waals surface area contributed by atoms with E-state index in [-0.39, 0.29) is 52.2 Å². The van der Waals surface area contributed by atoms with Gasteiger partial charge in [-0.3, -0.25) is 25.0 Å². The van der Waals surface area contributed by atoms with Crippen LogP contribution in [0.4, 0.5) is 11.4 Å². The first-order valence-corrected chi connectivity index (χ1v) is 20.8. The Bertz CT molecular complexity index is 2280. The molecule has 0 aromatic heterocycles. The normalized spacial score (nSPS) is 10.6. The number of benzene rings is 5. The van der Waals surface area contributed by atoms with Crippen molar-refractivity contribution in [3.05, 3.63) is 153 Å². The molecule has 0 aliphatic carbocycles. The lowest BCUT2D eigenvalue weighted by Crippen LogP contribution is -2.28. The number of hydrogen-bond acceptors (Lipinski definition) is 13. The molecule has 5 rings (SSSR count). The quantitative estimate of drug-likeness (QED) is 0.0248. The van der Waals surface area contributed by atoms with Crippen LogP contribution in [-0.2, 0) is 19.1 Å². The summed E-state index contributed by atoms with van der Waals surface area (Å²) in [6.45, 7) is 4.96. The lowest BCUT2D eigenvalue weighted by Gasteiger charge is -2.28. The van der Waals surface area contributed by atoms with Crippen molar-refractivity contribution in [2.75, 3.05) is 28.4 Å². The maximum atomic E-state index is 12.3. The molecule has 0 aliphatic heterocycles. The first kappa shape index (κ1) is 49.1. The van der Waals surface area contributed by atoms with Gasteiger partial charge >= 0.3 is 11.9 Å². The molecule has 5 aromatic rings. The van der Waals surface area contributed by atoms with E-state index < -0.39 is 22.7 Å². The van der Waals surface area contributed by atoms with Gasteiger partial charge in [0.25, 0.3) is 11.4 Å². The van der Waals surface area contributed by atoms with Gasteiger partial charge in [-0.2, -0.15) is 0 Å². The van der Waals surface area contributed by atoms with Crippen LogP contribution < -0.4 is 34.9 Å². The smallest absolute Gasteiger partial charge is 0.331 e. The second-order valence-electron chi connectivity index (χ2n) is 13.3. The molecule has 0 radical (unpaired) electrons. The van der Waals surface area contributed by atoms with Crippen molar-refractivity contribution >= 4 is 64.3 Å².